The lowest BCUT2D eigenvalue weighted by Crippen LogP contribution is -2.54. The van der Waals surface area contributed by atoms with Crippen molar-refractivity contribution in [1.29, 1.82) is 0 Å². The first-order chi connectivity index (χ1) is 9.03. The zero-order chi connectivity index (χ0) is 13.9. The lowest BCUT2D eigenvalue weighted by atomic mass is 9.97. The SMILES string of the molecule is COC(=O)C(C)(CCN1CCN(C)CC1)NC1CC1. The lowest BCUT2D eigenvalue weighted by molar-refractivity contribution is -0.148. The molecule has 1 N–H and O–H groups in total. The Labute approximate surface area is 116 Å². The molecule has 5 heteroatoms. The molecule has 2 aliphatic rings. The summed E-state index contributed by atoms with van der Waals surface area (Å²) in [5.41, 5.74) is -0.529. The van der Waals surface area contributed by atoms with Crippen molar-refractivity contribution in [2.24, 2.45) is 0 Å². The van der Waals surface area contributed by atoms with E-state index < -0.39 is 5.54 Å². The summed E-state index contributed by atoms with van der Waals surface area (Å²) in [6, 6.07) is 0.511. The molecular formula is C14H27N3O2. The molecule has 1 atom stereocenters. The highest BCUT2D eigenvalue weighted by molar-refractivity contribution is 5.80. The Morgan fingerprint density at radius 1 is 1.32 bits per heavy atom. The van der Waals surface area contributed by atoms with Gasteiger partial charge in [0.15, 0.2) is 0 Å². The summed E-state index contributed by atoms with van der Waals surface area (Å²) < 4.78 is 4.97. The maximum absolute atomic E-state index is 12.0. The van der Waals surface area contributed by atoms with Crippen LogP contribution in [0.2, 0.25) is 0 Å². The van der Waals surface area contributed by atoms with E-state index in [9.17, 15) is 4.79 Å². The molecule has 2 rings (SSSR count). The van der Waals surface area contributed by atoms with Gasteiger partial charge in [0.2, 0.25) is 0 Å². The van der Waals surface area contributed by atoms with Gasteiger partial charge in [-0.25, -0.2) is 0 Å². The van der Waals surface area contributed by atoms with Crippen LogP contribution in [-0.4, -0.2) is 74.2 Å². The number of carbonyl (C=O) groups is 1. The number of hydrogen-bond acceptors (Lipinski definition) is 5. The van der Waals surface area contributed by atoms with Gasteiger partial charge in [0.1, 0.15) is 5.54 Å². The highest BCUT2D eigenvalue weighted by Crippen LogP contribution is 2.25. The van der Waals surface area contributed by atoms with Crippen LogP contribution in [0.15, 0.2) is 0 Å². The van der Waals surface area contributed by atoms with Crippen molar-refractivity contribution in [3.05, 3.63) is 0 Å². The summed E-state index contributed by atoms with van der Waals surface area (Å²) in [6.45, 7) is 7.36. The minimum absolute atomic E-state index is 0.131. The Morgan fingerprint density at radius 3 is 2.47 bits per heavy atom. The molecule has 1 heterocycles. The van der Waals surface area contributed by atoms with Crippen molar-refractivity contribution in [1.82, 2.24) is 15.1 Å². The predicted molar refractivity (Wildman–Crippen MR) is 75.1 cm³/mol. The van der Waals surface area contributed by atoms with Gasteiger partial charge in [0.25, 0.3) is 0 Å². The van der Waals surface area contributed by atoms with Gasteiger partial charge < -0.3 is 14.5 Å². The number of carbonyl (C=O) groups excluding carboxylic acids is 1. The average Bonchev–Trinajstić information content (AvgIpc) is 3.21. The van der Waals surface area contributed by atoms with Gasteiger partial charge in [-0.05, 0) is 33.2 Å². The number of ether oxygens (including phenoxy) is 1. The number of nitrogens with zero attached hydrogens (tertiary/aromatic N) is 2. The number of likely N-dealkylation sites (N-methyl/N-ethyl adjacent to an activating group) is 1. The molecule has 1 saturated carbocycles. The first-order valence-electron chi connectivity index (χ1n) is 7.30. The monoisotopic (exact) mass is 269 g/mol. The average molecular weight is 269 g/mol. The first-order valence-corrected chi connectivity index (χ1v) is 7.30. The van der Waals surface area contributed by atoms with Crippen LogP contribution in [0.3, 0.4) is 0 Å². The molecule has 110 valence electrons. The number of nitrogens with one attached hydrogen (secondary N) is 1. The fourth-order valence-corrected chi connectivity index (χ4v) is 2.59. The third kappa shape index (κ3) is 4.16. The summed E-state index contributed by atoms with van der Waals surface area (Å²) in [4.78, 5) is 16.8. The topological polar surface area (TPSA) is 44.8 Å². The molecule has 1 aliphatic carbocycles. The molecule has 0 bridgehead atoms. The van der Waals surface area contributed by atoms with E-state index in [1.54, 1.807) is 0 Å². The van der Waals surface area contributed by atoms with E-state index in [0.29, 0.717) is 6.04 Å². The smallest absolute Gasteiger partial charge is 0.325 e. The molecule has 0 amide bonds. The van der Waals surface area contributed by atoms with Crippen molar-refractivity contribution in [3.8, 4) is 0 Å². The van der Waals surface area contributed by atoms with Crippen LogP contribution in [0.1, 0.15) is 26.2 Å². The quantitative estimate of drug-likeness (QED) is 0.703. The Balaban J connectivity index is 1.83. The Hall–Kier alpha value is -0.650. The molecule has 0 radical (unpaired) electrons. The Bertz CT molecular complexity index is 312. The van der Waals surface area contributed by atoms with Crippen molar-refractivity contribution >= 4 is 5.97 Å². The van der Waals surface area contributed by atoms with Gasteiger partial charge in [0, 0.05) is 38.8 Å². The number of esters is 1. The van der Waals surface area contributed by atoms with Crippen LogP contribution in [0.5, 0.6) is 0 Å². The molecule has 1 aliphatic heterocycles. The van der Waals surface area contributed by atoms with Gasteiger partial charge in [-0.2, -0.15) is 0 Å². The molecule has 0 aromatic heterocycles. The fraction of sp³-hybridized carbons (Fsp3) is 0.929. The van der Waals surface area contributed by atoms with Gasteiger partial charge in [0.05, 0.1) is 7.11 Å². The fourth-order valence-electron chi connectivity index (χ4n) is 2.59. The normalized spacial score (nSPS) is 25.0. The van der Waals surface area contributed by atoms with Gasteiger partial charge in [-0.15, -0.1) is 0 Å². The van der Waals surface area contributed by atoms with Gasteiger partial charge >= 0.3 is 5.97 Å². The van der Waals surface area contributed by atoms with Crippen LogP contribution in [0, 0.1) is 0 Å². The van der Waals surface area contributed by atoms with E-state index in [0.717, 1.165) is 39.1 Å². The Kier molecular flexibility index (Phi) is 4.81. The van der Waals surface area contributed by atoms with Crippen molar-refractivity contribution in [2.45, 2.75) is 37.8 Å². The summed E-state index contributed by atoms with van der Waals surface area (Å²) in [7, 11) is 3.63. The zero-order valence-corrected chi connectivity index (χ0v) is 12.4. The predicted octanol–water partition coefficient (Wildman–Crippen LogP) is 0.308. The van der Waals surface area contributed by atoms with Crippen molar-refractivity contribution in [3.63, 3.8) is 0 Å². The van der Waals surface area contributed by atoms with Crippen LogP contribution in [0.4, 0.5) is 0 Å². The van der Waals surface area contributed by atoms with Crippen LogP contribution in [-0.2, 0) is 9.53 Å². The molecule has 0 spiro atoms. The summed E-state index contributed by atoms with van der Waals surface area (Å²) >= 11 is 0. The second kappa shape index (κ2) is 6.20. The number of methoxy groups -OCH3 is 1. The zero-order valence-electron chi connectivity index (χ0n) is 12.4. The minimum atomic E-state index is -0.529. The van der Waals surface area contributed by atoms with Gasteiger partial charge in [-0.3, -0.25) is 10.1 Å². The van der Waals surface area contributed by atoms with E-state index in [-0.39, 0.29) is 5.97 Å². The second-order valence-corrected chi connectivity index (χ2v) is 6.14. The van der Waals surface area contributed by atoms with Crippen LogP contribution >= 0.6 is 0 Å². The third-order valence-corrected chi connectivity index (χ3v) is 4.26. The van der Waals surface area contributed by atoms with E-state index in [1.165, 1.54) is 20.0 Å². The van der Waals surface area contributed by atoms with Gasteiger partial charge in [-0.1, -0.05) is 0 Å². The number of piperazine rings is 1. The molecule has 0 aromatic rings. The summed E-state index contributed by atoms with van der Waals surface area (Å²) in [6.07, 6.45) is 3.18. The molecule has 1 unspecified atom stereocenters. The third-order valence-electron chi connectivity index (χ3n) is 4.26. The molecular weight excluding hydrogens is 242 g/mol. The molecule has 0 aromatic carbocycles. The van der Waals surface area contributed by atoms with E-state index >= 15 is 0 Å². The van der Waals surface area contributed by atoms with E-state index in [1.807, 2.05) is 6.92 Å². The summed E-state index contributed by atoms with van der Waals surface area (Å²) in [5, 5.41) is 3.45. The Morgan fingerprint density at radius 2 is 1.95 bits per heavy atom. The van der Waals surface area contributed by atoms with E-state index in [4.69, 9.17) is 4.74 Å². The largest absolute Gasteiger partial charge is 0.468 e. The highest BCUT2D eigenvalue weighted by Gasteiger charge is 2.39. The molecule has 19 heavy (non-hydrogen) atoms. The summed E-state index contributed by atoms with van der Waals surface area (Å²) in [5.74, 6) is -0.131. The molecule has 2 fully saturated rings. The van der Waals surface area contributed by atoms with E-state index in [2.05, 4.69) is 22.2 Å². The second-order valence-electron chi connectivity index (χ2n) is 6.14. The van der Waals surface area contributed by atoms with Crippen LogP contribution < -0.4 is 5.32 Å². The first kappa shape index (κ1) is 14.8. The maximum atomic E-state index is 12.0. The number of rotatable bonds is 6. The standard InChI is InChI=1S/C14H27N3O2/c1-14(13(18)19-3,15-12-4-5-12)6-7-17-10-8-16(2)9-11-17/h12,15H,4-11H2,1-3H3. The maximum Gasteiger partial charge on any atom is 0.325 e. The van der Waals surface area contributed by atoms with Crippen LogP contribution in [0.25, 0.3) is 0 Å². The number of hydrogen-bond donors (Lipinski definition) is 1. The molecule has 1 saturated heterocycles. The minimum Gasteiger partial charge on any atom is -0.468 e. The van der Waals surface area contributed by atoms with Crippen molar-refractivity contribution < 1.29 is 9.53 Å². The lowest BCUT2D eigenvalue weighted by Gasteiger charge is -2.35. The highest BCUT2D eigenvalue weighted by atomic mass is 16.5. The van der Waals surface area contributed by atoms with Crippen molar-refractivity contribution in [2.75, 3.05) is 46.9 Å². The molecule has 5 nitrogen and oxygen atoms in total.